The second-order valence-corrected chi connectivity index (χ2v) is 5.64. The number of halogens is 1. The van der Waals surface area contributed by atoms with Crippen molar-refractivity contribution >= 4 is 5.97 Å². The standard InChI is InChI=1S/C19H17FN2O2/c20-17(13-22)3-1-2-14-6-10-18(11-7-14)24-19(23)16-8-4-15(12-21)5-9-16/h1-5,8-9,14,18H,6-7,10-11H2/b2-1+,17-3?. The lowest BCUT2D eigenvalue weighted by Gasteiger charge is -2.26. The number of nitrogens with zero attached hydrogens (tertiary/aromatic N) is 2. The smallest absolute Gasteiger partial charge is 0.338 e. The van der Waals surface area contributed by atoms with Crippen LogP contribution in [0.4, 0.5) is 4.39 Å². The van der Waals surface area contributed by atoms with E-state index in [1.54, 1.807) is 30.3 Å². The summed E-state index contributed by atoms with van der Waals surface area (Å²) in [5.41, 5.74) is 0.939. The predicted molar refractivity (Wildman–Crippen MR) is 86.3 cm³/mol. The van der Waals surface area contributed by atoms with E-state index >= 15 is 0 Å². The molecule has 0 heterocycles. The molecule has 122 valence electrons. The van der Waals surface area contributed by atoms with Crippen molar-refractivity contribution in [2.45, 2.75) is 31.8 Å². The van der Waals surface area contributed by atoms with E-state index < -0.39 is 5.83 Å². The van der Waals surface area contributed by atoms with Gasteiger partial charge in [-0.1, -0.05) is 12.2 Å². The highest BCUT2D eigenvalue weighted by Crippen LogP contribution is 2.27. The molecule has 0 aliphatic heterocycles. The quantitative estimate of drug-likeness (QED) is 0.472. The number of carbonyl (C=O) groups excluding carboxylic acids is 1. The molecule has 0 aromatic heterocycles. The summed E-state index contributed by atoms with van der Waals surface area (Å²) in [6.07, 6.45) is 7.68. The Labute approximate surface area is 140 Å². The molecule has 1 fully saturated rings. The molecule has 1 saturated carbocycles. The monoisotopic (exact) mass is 324 g/mol. The average molecular weight is 324 g/mol. The molecule has 4 nitrogen and oxygen atoms in total. The van der Waals surface area contributed by atoms with Gasteiger partial charge in [0.1, 0.15) is 12.2 Å². The van der Waals surface area contributed by atoms with Crippen molar-refractivity contribution in [2.24, 2.45) is 5.92 Å². The summed E-state index contributed by atoms with van der Waals surface area (Å²) in [6, 6.07) is 9.78. The van der Waals surface area contributed by atoms with Crippen molar-refractivity contribution in [3.8, 4) is 12.1 Å². The number of benzene rings is 1. The molecule has 0 spiro atoms. The SMILES string of the molecule is N#CC(F)=C/C=C/C1CCC(OC(=O)c2ccc(C#N)cc2)CC1. The third-order valence-corrected chi connectivity index (χ3v) is 3.97. The van der Waals surface area contributed by atoms with Crippen LogP contribution >= 0.6 is 0 Å². The Balaban J connectivity index is 1.81. The highest BCUT2D eigenvalue weighted by atomic mass is 19.1. The fraction of sp³-hybridized carbons (Fsp3) is 0.316. The molecule has 1 aromatic rings. The Hall–Kier alpha value is -2.92. The van der Waals surface area contributed by atoms with Gasteiger partial charge in [0.2, 0.25) is 0 Å². The van der Waals surface area contributed by atoms with Crippen LogP contribution in [0.25, 0.3) is 0 Å². The maximum atomic E-state index is 12.7. The van der Waals surface area contributed by atoms with Crippen molar-refractivity contribution in [2.75, 3.05) is 0 Å². The van der Waals surface area contributed by atoms with E-state index in [-0.39, 0.29) is 12.1 Å². The van der Waals surface area contributed by atoms with E-state index in [0.29, 0.717) is 17.0 Å². The van der Waals surface area contributed by atoms with Crippen LogP contribution in [0.1, 0.15) is 41.6 Å². The number of esters is 1. The maximum Gasteiger partial charge on any atom is 0.338 e. The largest absolute Gasteiger partial charge is 0.459 e. The Morgan fingerprint density at radius 1 is 1.17 bits per heavy atom. The zero-order valence-corrected chi connectivity index (χ0v) is 13.1. The fourth-order valence-corrected chi connectivity index (χ4v) is 2.63. The van der Waals surface area contributed by atoms with Crippen molar-refractivity contribution in [3.63, 3.8) is 0 Å². The van der Waals surface area contributed by atoms with Gasteiger partial charge in [-0.05, 0) is 61.9 Å². The summed E-state index contributed by atoms with van der Waals surface area (Å²) in [5.74, 6) is -0.883. The molecule has 0 radical (unpaired) electrons. The number of hydrogen-bond donors (Lipinski definition) is 0. The Bertz CT molecular complexity index is 715. The Morgan fingerprint density at radius 2 is 1.83 bits per heavy atom. The molecule has 1 aliphatic carbocycles. The fourth-order valence-electron chi connectivity index (χ4n) is 2.63. The summed E-state index contributed by atoms with van der Waals surface area (Å²) in [5, 5.41) is 17.1. The Kier molecular flexibility index (Phi) is 6.28. The number of hydrogen-bond acceptors (Lipinski definition) is 4. The van der Waals surface area contributed by atoms with Gasteiger partial charge in [-0.2, -0.15) is 14.9 Å². The van der Waals surface area contributed by atoms with Gasteiger partial charge < -0.3 is 4.74 Å². The first kappa shape index (κ1) is 17.4. The first-order valence-electron chi connectivity index (χ1n) is 7.77. The maximum absolute atomic E-state index is 12.7. The van der Waals surface area contributed by atoms with Gasteiger partial charge in [0.05, 0.1) is 17.2 Å². The molecule has 1 aliphatic rings. The normalized spacial score (nSPS) is 21.0. The first-order chi connectivity index (χ1) is 11.6. The lowest BCUT2D eigenvalue weighted by molar-refractivity contribution is 0.0185. The molecule has 5 heteroatoms. The first-order valence-corrected chi connectivity index (χ1v) is 7.77. The topological polar surface area (TPSA) is 73.9 Å². The van der Waals surface area contributed by atoms with E-state index in [2.05, 4.69) is 0 Å². The minimum Gasteiger partial charge on any atom is -0.459 e. The Morgan fingerprint density at radius 3 is 2.42 bits per heavy atom. The second kappa shape index (κ2) is 8.64. The molecule has 0 N–H and O–H groups in total. The van der Waals surface area contributed by atoms with E-state index in [0.717, 1.165) is 31.8 Å². The van der Waals surface area contributed by atoms with Crippen LogP contribution < -0.4 is 0 Å². The molecular weight excluding hydrogens is 307 g/mol. The van der Waals surface area contributed by atoms with Crippen LogP contribution in [-0.2, 0) is 4.74 Å². The van der Waals surface area contributed by atoms with Gasteiger partial charge in [0.15, 0.2) is 5.83 Å². The van der Waals surface area contributed by atoms with Crippen molar-refractivity contribution in [1.29, 1.82) is 10.5 Å². The molecule has 0 saturated heterocycles. The van der Waals surface area contributed by atoms with Crippen LogP contribution in [0.5, 0.6) is 0 Å². The van der Waals surface area contributed by atoms with Crippen molar-refractivity contribution < 1.29 is 13.9 Å². The average Bonchev–Trinajstić information content (AvgIpc) is 2.63. The highest BCUT2D eigenvalue weighted by molar-refractivity contribution is 5.89. The number of carbonyl (C=O) groups is 1. The van der Waals surface area contributed by atoms with Gasteiger partial charge in [-0.15, -0.1) is 0 Å². The summed E-state index contributed by atoms with van der Waals surface area (Å²) in [4.78, 5) is 12.1. The molecule has 1 aromatic carbocycles. The van der Waals surface area contributed by atoms with Crippen molar-refractivity contribution in [1.82, 2.24) is 0 Å². The third-order valence-electron chi connectivity index (χ3n) is 3.97. The minimum absolute atomic E-state index is 0.121. The van der Waals surface area contributed by atoms with Gasteiger partial charge in [0.25, 0.3) is 0 Å². The second-order valence-electron chi connectivity index (χ2n) is 5.64. The van der Waals surface area contributed by atoms with Crippen LogP contribution in [0.15, 0.2) is 48.3 Å². The molecule has 0 bridgehead atoms. The molecule has 0 amide bonds. The van der Waals surface area contributed by atoms with E-state index in [1.807, 2.05) is 12.1 Å². The van der Waals surface area contributed by atoms with Gasteiger partial charge in [-0.25, -0.2) is 4.79 Å². The van der Waals surface area contributed by atoms with Crippen molar-refractivity contribution in [3.05, 3.63) is 59.4 Å². The third kappa shape index (κ3) is 5.07. The van der Waals surface area contributed by atoms with Gasteiger partial charge in [0, 0.05) is 0 Å². The van der Waals surface area contributed by atoms with E-state index in [4.69, 9.17) is 15.3 Å². The van der Waals surface area contributed by atoms with Gasteiger partial charge in [-0.3, -0.25) is 0 Å². The lowest BCUT2D eigenvalue weighted by atomic mass is 9.87. The summed E-state index contributed by atoms with van der Waals surface area (Å²) < 4.78 is 18.2. The molecule has 0 atom stereocenters. The van der Waals surface area contributed by atoms with E-state index in [9.17, 15) is 9.18 Å². The number of ether oxygens (including phenoxy) is 1. The molecular formula is C19H17FN2O2. The van der Waals surface area contributed by atoms with E-state index in [1.165, 1.54) is 6.07 Å². The summed E-state index contributed by atoms with van der Waals surface area (Å²) in [6.45, 7) is 0. The van der Waals surface area contributed by atoms with Crippen LogP contribution in [0, 0.1) is 28.6 Å². The molecule has 2 rings (SSSR count). The predicted octanol–water partition coefficient (Wildman–Crippen LogP) is 4.21. The van der Waals surface area contributed by atoms with Gasteiger partial charge >= 0.3 is 5.97 Å². The minimum atomic E-state index is -0.809. The van der Waals surface area contributed by atoms with Crippen LogP contribution in [0.2, 0.25) is 0 Å². The summed E-state index contributed by atoms with van der Waals surface area (Å²) in [7, 11) is 0. The number of rotatable bonds is 4. The molecule has 0 unspecified atom stereocenters. The van der Waals surface area contributed by atoms with Crippen LogP contribution in [0.3, 0.4) is 0 Å². The number of allylic oxidation sites excluding steroid dienone is 4. The molecule has 24 heavy (non-hydrogen) atoms. The highest BCUT2D eigenvalue weighted by Gasteiger charge is 2.23. The zero-order chi connectivity index (χ0) is 17.4. The zero-order valence-electron chi connectivity index (χ0n) is 13.1. The lowest BCUT2D eigenvalue weighted by Crippen LogP contribution is -2.24. The number of nitriles is 2. The van der Waals surface area contributed by atoms with Crippen LogP contribution in [-0.4, -0.2) is 12.1 Å². The summed E-state index contributed by atoms with van der Waals surface area (Å²) >= 11 is 0.